The van der Waals surface area contributed by atoms with Crippen molar-refractivity contribution in [2.75, 3.05) is 18.6 Å². The summed E-state index contributed by atoms with van der Waals surface area (Å²) in [6.07, 6.45) is 3.03. The molecule has 7 heteroatoms. The van der Waals surface area contributed by atoms with Gasteiger partial charge in [0, 0.05) is 18.5 Å². The quantitative estimate of drug-likeness (QED) is 0.500. The molecule has 0 saturated carbocycles. The zero-order valence-corrected chi connectivity index (χ0v) is 15.5. The molecule has 0 atom stereocenters. The molecule has 134 valence electrons. The topological polar surface area (TPSA) is 72.6 Å². The van der Waals surface area contributed by atoms with Gasteiger partial charge in [-0.3, -0.25) is 9.69 Å². The second-order valence-electron chi connectivity index (χ2n) is 5.55. The number of benzene rings is 1. The van der Waals surface area contributed by atoms with E-state index >= 15 is 0 Å². The molecule has 3 aromatic rings. The van der Waals surface area contributed by atoms with Crippen LogP contribution in [0, 0.1) is 6.92 Å². The number of hydrogen-bond donors (Lipinski definition) is 0. The molecule has 0 aliphatic rings. The Balaban J connectivity index is 1.75. The number of amides is 1. The van der Waals surface area contributed by atoms with Crippen molar-refractivity contribution in [1.82, 2.24) is 4.98 Å². The van der Waals surface area contributed by atoms with Crippen molar-refractivity contribution < 1.29 is 18.7 Å². The Kier molecular flexibility index (Phi) is 5.18. The summed E-state index contributed by atoms with van der Waals surface area (Å²) in [6.45, 7) is 3.75. The van der Waals surface area contributed by atoms with Crippen LogP contribution in [0.1, 0.15) is 28.0 Å². The average molecular weight is 370 g/mol. The highest BCUT2D eigenvalue weighted by molar-refractivity contribution is 7.17. The molecule has 0 saturated heterocycles. The maximum Gasteiger partial charge on any atom is 0.350 e. The van der Waals surface area contributed by atoms with E-state index in [1.165, 1.54) is 11.0 Å². The van der Waals surface area contributed by atoms with Crippen molar-refractivity contribution >= 4 is 45.4 Å². The van der Waals surface area contributed by atoms with Crippen molar-refractivity contribution in [3.63, 3.8) is 0 Å². The first-order chi connectivity index (χ1) is 12.5. The first-order valence-electron chi connectivity index (χ1n) is 8.08. The van der Waals surface area contributed by atoms with Gasteiger partial charge in [0.15, 0.2) is 5.13 Å². The number of esters is 1. The molecule has 6 nitrogen and oxygen atoms in total. The Morgan fingerprint density at radius 2 is 2.12 bits per heavy atom. The van der Waals surface area contributed by atoms with Crippen molar-refractivity contribution in [1.29, 1.82) is 0 Å². The molecule has 0 spiro atoms. The van der Waals surface area contributed by atoms with Gasteiger partial charge in [-0.2, -0.15) is 0 Å². The van der Waals surface area contributed by atoms with Gasteiger partial charge in [-0.1, -0.05) is 29.5 Å². The van der Waals surface area contributed by atoms with Crippen molar-refractivity contribution in [2.24, 2.45) is 0 Å². The van der Waals surface area contributed by atoms with Crippen LogP contribution in [0.5, 0.6) is 0 Å². The minimum absolute atomic E-state index is 0.269. The molecule has 0 radical (unpaired) electrons. The van der Waals surface area contributed by atoms with Gasteiger partial charge >= 0.3 is 5.97 Å². The van der Waals surface area contributed by atoms with Crippen LogP contribution in [-0.2, 0) is 9.53 Å². The number of para-hydroxylation sites is 1. The highest BCUT2D eigenvalue weighted by atomic mass is 32.1. The average Bonchev–Trinajstić information content (AvgIpc) is 3.22. The van der Waals surface area contributed by atoms with Crippen molar-refractivity contribution in [3.05, 3.63) is 52.7 Å². The third-order valence-corrected chi connectivity index (χ3v) is 4.91. The van der Waals surface area contributed by atoms with Crippen LogP contribution >= 0.6 is 11.3 Å². The van der Waals surface area contributed by atoms with E-state index in [9.17, 15) is 9.59 Å². The summed E-state index contributed by atoms with van der Waals surface area (Å²) in [4.78, 5) is 30.4. The van der Waals surface area contributed by atoms with Crippen LogP contribution < -0.4 is 4.90 Å². The monoisotopic (exact) mass is 370 g/mol. The summed E-state index contributed by atoms with van der Waals surface area (Å²) in [5, 5.41) is 1.41. The highest BCUT2D eigenvalue weighted by Gasteiger charge is 2.20. The first-order valence-corrected chi connectivity index (χ1v) is 8.90. The summed E-state index contributed by atoms with van der Waals surface area (Å²) in [7, 11) is 1.61. The van der Waals surface area contributed by atoms with E-state index in [0.717, 1.165) is 22.3 Å². The van der Waals surface area contributed by atoms with E-state index in [2.05, 4.69) is 4.98 Å². The summed E-state index contributed by atoms with van der Waals surface area (Å²) < 4.78 is 10.7. The molecule has 0 fully saturated rings. The number of nitrogens with zero attached hydrogens (tertiary/aromatic N) is 2. The lowest BCUT2D eigenvalue weighted by molar-refractivity contribution is -0.113. The Hall–Kier alpha value is -2.93. The second kappa shape index (κ2) is 7.53. The number of carbonyl (C=O) groups is 2. The van der Waals surface area contributed by atoms with E-state index in [0.29, 0.717) is 28.1 Å². The van der Waals surface area contributed by atoms with Gasteiger partial charge in [-0.05, 0) is 32.1 Å². The van der Waals surface area contributed by atoms with Crippen LogP contribution in [0.25, 0.3) is 17.0 Å². The molecule has 26 heavy (non-hydrogen) atoms. The minimum atomic E-state index is -0.424. The number of fused-ring (bicyclic) bond motifs is 1. The molecule has 0 aliphatic carbocycles. The summed E-state index contributed by atoms with van der Waals surface area (Å²) in [5.41, 5.74) is 1.31. The largest absolute Gasteiger partial charge is 0.462 e. The van der Waals surface area contributed by atoms with Crippen molar-refractivity contribution in [2.45, 2.75) is 13.8 Å². The van der Waals surface area contributed by atoms with Gasteiger partial charge in [-0.25, -0.2) is 9.78 Å². The summed E-state index contributed by atoms with van der Waals surface area (Å²) in [5.74, 6) is -0.0995. The number of thiazole rings is 1. The number of carbonyl (C=O) groups excluding carboxylic acids is 2. The Bertz CT molecular complexity index is 954. The predicted molar refractivity (Wildman–Crippen MR) is 101 cm³/mol. The normalized spacial score (nSPS) is 11.2. The number of aryl methyl sites for hydroxylation is 1. The van der Waals surface area contributed by atoms with Gasteiger partial charge < -0.3 is 9.15 Å². The van der Waals surface area contributed by atoms with Crippen molar-refractivity contribution in [3.8, 4) is 0 Å². The third-order valence-electron chi connectivity index (χ3n) is 3.70. The third kappa shape index (κ3) is 3.67. The van der Waals surface area contributed by atoms with Gasteiger partial charge in [0.1, 0.15) is 16.2 Å². The lowest BCUT2D eigenvalue weighted by atomic mass is 10.2. The number of ether oxygens (including phenoxy) is 1. The molecule has 0 N–H and O–H groups in total. The lowest BCUT2D eigenvalue weighted by Crippen LogP contribution is -2.23. The number of aromatic nitrogens is 1. The van der Waals surface area contributed by atoms with Crippen LogP contribution in [0.4, 0.5) is 5.13 Å². The van der Waals surface area contributed by atoms with E-state index in [-0.39, 0.29) is 5.91 Å². The fourth-order valence-corrected chi connectivity index (χ4v) is 3.28. The maximum atomic E-state index is 12.4. The van der Waals surface area contributed by atoms with E-state index in [1.54, 1.807) is 27.0 Å². The molecular formula is C19H18N2O4S. The van der Waals surface area contributed by atoms with E-state index in [4.69, 9.17) is 9.15 Å². The fourth-order valence-electron chi connectivity index (χ4n) is 2.36. The van der Waals surface area contributed by atoms with E-state index in [1.807, 2.05) is 30.3 Å². The molecule has 3 rings (SSSR count). The number of likely N-dealkylation sites (N-methyl/N-ethyl adjacent to an activating group) is 1. The highest BCUT2D eigenvalue weighted by Crippen LogP contribution is 2.26. The van der Waals surface area contributed by atoms with Gasteiger partial charge in [-0.15, -0.1) is 0 Å². The number of furan rings is 1. The smallest absolute Gasteiger partial charge is 0.350 e. The SMILES string of the molecule is CCOC(=O)c1sc(N(C)C(=O)C=Cc2cc3ccccc3o2)nc1C. The second-order valence-corrected chi connectivity index (χ2v) is 6.53. The Morgan fingerprint density at radius 1 is 1.35 bits per heavy atom. The van der Waals surface area contributed by atoms with Crippen LogP contribution in [-0.4, -0.2) is 30.5 Å². The summed E-state index contributed by atoms with van der Waals surface area (Å²) >= 11 is 1.13. The molecule has 0 aliphatic heterocycles. The van der Waals surface area contributed by atoms with Gasteiger partial charge in [0.25, 0.3) is 5.91 Å². The van der Waals surface area contributed by atoms with Crippen LogP contribution in [0.2, 0.25) is 0 Å². The molecule has 1 amide bonds. The zero-order chi connectivity index (χ0) is 18.7. The molecule has 2 aromatic heterocycles. The number of rotatable bonds is 5. The first kappa shape index (κ1) is 17.9. The lowest BCUT2D eigenvalue weighted by Gasteiger charge is -2.10. The zero-order valence-electron chi connectivity index (χ0n) is 14.7. The molecule has 1 aromatic carbocycles. The Labute approximate surface area is 154 Å². The Morgan fingerprint density at radius 3 is 2.85 bits per heavy atom. The van der Waals surface area contributed by atoms with Crippen LogP contribution in [0.15, 0.2) is 40.8 Å². The fraction of sp³-hybridized carbons (Fsp3) is 0.211. The van der Waals surface area contributed by atoms with Gasteiger partial charge in [0.2, 0.25) is 0 Å². The maximum absolute atomic E-state index is 12.4. The summed E-state index contributed by atoms with van der Waals surface area (Å²) in [6, 6.07) is 9.50. The number of anilines is 1. The minimum Gasteiger partial charge on any atom is -0.462 e. The molecule has 0 bridgehead atoms. The molecular weight excluding hydrogens is 352 g/mol. The van der Waals surface area contributed by atoms with Gasteiger partial charge in [0.05, 0.1) is 12.3 Å². The predicted octanol–water partition coefficient (Wildman–Crippen LogP) is 4.05. The van der Waals surface area contributed by atoms with E-state index < -0.39 is 5.97 Å². The number of hydrogen-bond acceptors (Lipinski definition) is 6. The standard InChI is InChI=1S/C19H18N2O4S/c1-4-24-18(23)17-12(2)20-19(26-17)21(3)16(22)10-9-14-11-13-7-5-6-8-15(13)25-14/h5-11H,4H2,1-3H3. The van der Waals surface area contributed by atoms with Crippen LogP contribution in [0.3, 0.4) is 0 Å². The molecule has 2 heterocycles. The molecule has 0 unspecified atom stereocenters.